The number of rotatable bonds is 5. The van der Waals surface area contributed by atoms with Crippen LogP contribution in [0.5, 0.6) is 0 Å². The van der Waals surface area contributed by atoms with Crippen LogP contribution in [0.15, 0.2) is 18.2 Å². The van der Waals surface area contributed by atoms with Gasteiger partial charge in [0, 0.05) is 19.9 Å². The molecular formula is C14H18N2O4. The van der Waals surface area contributed by atoms with E-state index in [1.54, 1.807) is 18.2 Å². The van der Waals surface area contributed by atoms with Crippen molar-refractivity contribution in [2.75, 3.05) is 19.0 Å². The summed E-state index contributed by atoms with van der Waals surface area (Å²) in [5.41, 5.74) is 1.59. The Morgan fingerprint density at radius 3 is 2.55 bits per heavy atom. The molecule has 0 fully saturated rings. The number of carbonyl (C=O) groups excluding carboxylic acids is 3. The zero-order valence-electron chi connectivity index (χ0n) is 11.8. The van der Waals surface area contributed by atoms with Crippen molar-refractivity contribution < 1.29 is 19.1 Å². The van der Waals surface area contributed by atoms with Gasteiger partial charge in [-0.25, -0.2) is 4.79 Å². The molecule has 0 bridgehead atoms. The van der Waals surface area contributed by atoms with Gasteiger partial charge < -0.3 is 15.4 Å². The first-order valence-electron chi connectivity index (χ1n) is 6.17. The quantitative estimate of drug-likeness (QED) is 0.794. The third kappa shape index (κ3) is 4.72. The Labute approximate surface area is 117 Å². The van der Waals surface area contributed by atoms with E-state index in [9.17, 15) is 14.4 Å². The second-order valence-electron chi connectivity index (χ2n) is 4.32. The summed E-state index contributed by atoms with van der Waals surface area (Å²) in [6, 6.07) is 5.09. The fourth-order valence-electron chi connectivity index (χ4n) is 1.61. The molecule has 2 N–H and O–H groups in total. The monoisotopic (exact) mass is 278 g/mol. The van der Waals surface area contributed by atoms with Gasteiger partial charge in [0.25, 0.3) is 0 Å². The highest BCUT2D eigenvalue weighted by Gasteiger charge is 2.14. The summed E-state index contributed by atoms with van der Waals surface area (Å²) >= 11 is 0. The molecule has 6 heteroatoms. The number of nitrogens with one attached hydrogen (secondary N) is 2. The van der Waals surface area contributed by atoms with Gasteiger partial charge in [0.15, 0.2) is 0 Å². The fraction of sp³-hybridized carbons (Fsp3) is 0.357. The molecule has 20 heavy (non-hydrogen) atoms. The van der Waals surface area contributed by atoms with Gasteiger partial charge in [-0.15, -0.1) is 0 Å². The van der Waals surface area contributed by atoms with Crippen molar-refractivity contribution >= 4 is 23.5 Å². The van der Waals surface area contributed by atoms with E-state index in [4.69, 9.17) is 0 Å². The number of hydrogen-bond acceptors (Lipinski definition) is 4. The second kappa shape index (κ2) is 7.28. The van der Waals surface area contributed by atoms with E-state index in [2.05, 4.69) is 15.4 Å². The zero-order chi connectivity index (χ0) is 15.1. The molecule has 0 aromatic heterocycles. The summed E-state index contributed by atoms with van der Waals surface area (Å²) in [6.07, 6.45) is 0.133. The van der Waals surface area contributed by atoms with E-state index < -0.39 is 5.97 Å². The minimum Gasteiger partial charge on any atom is -0.465 e. The molecule has 1 rings (SSSR count). The van der Waals surface area contributed by atoms with Crippen LogP contribution in [0.25, 0.3) is 0 Å². The van der Waals surface area contributed by atoms with Crippen LogP contribution in [0.4, 0.5) is 5.69 Å². The van der Waals surface area contributed by atoms with Gasteiger partial charge in [-0.3, -0.25) is 9.59 Å². The third-order valence-electron chi connectivity index (χ3n) is 2.58. The number of esters is 1. The van der Waals surface area contributed by atoms with Gasteiger partial charge in [0.05, 0.1) is 18.4 Å². The second-order valence-corrected chi connectivity index (χ2v) is 4.32. The number of hydrogen-bond donors (Lipinski definition) is 2. The first-order valence-corrected chi connectivity index (χ1v) is 6.17. The Balaban J connectivity index is 2.74. The average Bonchev–Trinajstić information content (AvgIpc) is 2.39. The number of benzene rings is 1. The van der Waals surface area contributed by atoms with Crippen LogP contribution in [0.1, 0.15) is 29.3 Å². The van der Waals surface area contributed by atoms with Crippen LogP contribution in [0.3, 0.4) is 0 Å². The Kier molecular flexibility index (Phi) is 5.71. The summed E-state index contributed by atoms with van der Waals surface area (Å²) in [5, 5.41) is 5.16. The van der Waals surface area contributed by atoms with Crippen molar-refractivity contribution in [1.82, 2.24) is 5.32 Å². The number of aryl methyl sites for hydroxylation is 1. The highest BCUT2D eigenvalue weighted by molar-refractivity contribution is 6.01. The molecule has 0 aliphatic rings. The first kappa shape index (κ1) is 15.7. The van der Waals surface area contributed by atoms with Gasteiger partial charge in [-0.2, -0.15) is 0 Å². The fourth-order valence-corrected chi connectivity index (χ4v) is 1.61. The zero-order valence-corrected chi connectivity index (χ0v) is 11.8. The molecule has 108 valence electrons. The normalized spacial score (nSPS) is 9.75. The largest absolute Gasteiger partial charge is 0.465 e. The molecule has 1 aromatic rings. The van der Waals surface area contributed by atoms with Crippen molar-refractivity contribution in [2.45, 2.75) is 20.3 Å². The summed E-state index contributed by atoms with van der Waals surface area (Å²) in [7, 11) is 1.28. The SMILES string of the molecule is COC(=O)c1cc(C)ccc1NC(=O)CCNC(C)=O. The summed E-state index contributed by atoms with van der Waals surface area (Å²) in [4.78, 5) is 34.1. The Hall–Kier alpha value is -2.37. The van der Waals surface area contributed by atoms with Crippen LogP contribution >= 0.6 is 0 Å². The third-order valence-corrected chi connectivity index (χ3v) is 2.58. The predicted octanol–water partition coefficient (Wildman–Crippen LogP) is 1.25. The molecule has 0 saturated heterocycles. The number of anilines is 1. The van der Waals surface area contributed by atoms with Crippen molar-refractivity contribution in [2.24, 2.45) is 0 Å². The standard InChI is InChI=1S/C14H18N2O4/c1-9-4-5-12(11(8-9)14(19)20-3)16-13(18)6-7-15-10(2)17/h4-5,8H,6-7H2,1-3H3,(H,15,17)(H,16,18). The van der Waals surface area contributed by atoms with E-state index in [1.807, 2.05) is 6.92 Å². The summed E-state index contributed by atoms with van der Waals surface area (Å²) in [6.45, 7) is 3.47. The average molecular weight is 278 g/mol. The Bertz CT molecular complexity index is 526. The predicted molar refractivity (Wildman–Crippen MR) is 74.4 cm³/mol. The minimum absolute atomic E-state index is 0.133. The highest BCUT2D eigenvalue weighted by Crippen LogP contribution is 2.18. The van der Waals surface area contributed by atoms with Gasteiger partial charge in [0.1, 0.15) is 0 Å². The summed E-state index contributed by atoms with van der Waals surface area (Å²) < 4.78 is 4.68. The van der Waals surface area contributed by atoms with Crippen LogP contribution in [0, 0.1) is 6.92 Å². The van der Waals surface area contributed by atoms with Crippen LogP contribution in [-0.2, 0) is 14.3 Å². The molecular weight excluding hydrogens is 260 g/mol. The van der Waals surface area contributed by atoms with Gasteiger partial charge >= 0.3 is 5.97 Å². The van der Waals surface area contributed by atoms with Crippen molar-refractivity contribution in [3.05, 3.63) is 29.3 Å². The minimum atomic E-state index is -0.508. The van der Waals surface area contributed by atoms with Crippen LogP contribution < -0.4 is 10.6 Å². The molecule has 0 aliphatic heterocycles. The number of ether oxygens (including phenoxy) is 1. The molecule has 6 nitrogen and oxygen atoms in total. The maximum atomic E-state index is 11.7. The van der Waals surface area contributed by atoms with E-state index in [0.29, 0.717) is 11.3 Å². The van der Waals surface area contributed by atoms with Gasteiger partial charge in [0.2, 0.25) is 11.8 Å². The van der Waals surface area contributed by atoms with Gasteiger partial charge in [-0.1, -0.05) is 11.6 Å². The van der Waals surface area contributed by atoms with Crippen molar-refractivity contribution in [1.29, 1.82) is 0 Å². The van der Waals surface area contributed by atoms with Crippen molar-refractivity contribution in [3.63, 3.8) is 0 Å². The number of carbonyl (C=O) groups is 3. The van der Waals surface area contributed by atoms with E-state index >= 15 is 0 Å². The molecule has 0 unspecified atom stereocenters. The maximum absolute atomic E-state index is 11.7. The molecule has 0 heterocycles. The lowest BCUT2D eigenvalue weighted by Crippen LogP contribution is -2.25. The molecule has 0 radical (unpaired) electrons. The lowest BCUT2D eigenvalue weighted by atomic mass is 10.1. The molecule has 2 amide bonds. The first-order chi connectivity index (χ1) is 9.43. The topological polar surface area (TPSA) is 84.5 Å². The van der Waals surface area contributed by atoms with E-state index in [-0.39, 0.29) is 24.8 Å². The van der Waals surface area contributed by atoms with E-state index in [1.165, 1.54) is 14.0 Å². The Morgan fingerprint density at radius 2 is 1.95 bits per heavy atom. The lowest BCUT2D eigenvalue weighted by Gasteiger charge is -2.10. The van der Waals surface area contributed by atoms with Gasteiger partial charge in [-0.05, 0) is 19.1 Å². The van der Waals surface area contributed by atoms with Crippen LogP contribution in [0.2, 0.25) is 0 Å². The smallest absolute Gasteiger partial charge is 0.339 e. The summed E-state index contributed by atoms with van der Waals surface area (Å²) in [5.74, 6) is -0.984. The highest BCUT2D eigenvalue weighted by atomic mass is 16.5. The lowest BCUT2D eigenvalue weighted by molar-refractivity contribution is -0.119. The number of methoxy groups -OCH3 is 1. The maximum Gasteiger partial charge on any atom is 0.339 e. The molecule has 0 atom stereocenters. The number of amides is 2. The Morgan fingerprint density at radius 1 is 1.25 bits per heavy atom. The molecule has 0 spiro atoms. The molecule has 0 saturated carbocycles. The molecule has 1 aromatic carbocycles. The van der Waals surface area contributed by atoms with Crippen molar-refractivity contribution in [3.8, 4) is 0 Å². The molecule has 0 aliphatic carbocycles. The van der Waals surface area contributed by atoms with Crippen LogP contribution in [-0.4, -0.2) is 31.4 Å². The van der Waals surface area contributed by atoms with E-state index in [0.717, 1.165) is 5.56 Å².